The van der Waals surface area contributed by atoms with Crippen LogP contribution in [-0.4, -0.2) is 108 Å². The van der Waals surface area contributed by atoms with Crippen molar-refractivity contribution in [3.8, 4) is 17.2 Å². The highest BCUT2D eigenvalue weighted by Gasteiger charge is 2.46. The lowest BCUT2D eigenvalue weighted by molar-refractivity contribution is -0.133. The first-order chi connectivity index (χ1) is 22.4. The highest BCUT2D eigenvalue weighted by Crippen LogP contribution is 2.38. The number of piperazine rings is 1. The lowest BCUT2D eigenvalue weighted by Crippen LogP contribution is -2.63. The van der Waals surface area contributed by atoms with Gasteiger partial charge in [0.05, 0.1) is 36.3 Å². The number of nitrogens with zero attached hydrogens (tertiary/aromatic N) is 11. The average Bonchev–Trinajstić information content (AvgIpc) is 3.80. The van der Waals surface area contributed by atoms with Gasteiger partial charge in [-0.1, -0.05) is 30.3 Å². The van der Waals surface area contributed by atoms with Crippen molar-refractivity contribution < 1.29 is 14.7 Å². The van der Waals surface area contributed by atoms with Gasteiger partial charge in [0.1, 0.15) is 12.1 Å². The first kappa shape index (κ1) is 30.3. The molecule has 1 aromatic carbocycles. The number of benzene rings is 1. The summed E-state index contributed by atoms with van der Waals surface area (Å²) in [5, 5.41) is 33.4. The molecule has 15 nitrogen and oxygen atoms in total. The van der Waals surface area contributed by atoms with E-state index in [1.165, 1.54) is 0 Å². The zero-order valence-electron chi connectivity index (χ0n) is 25.3. The van der Waals surface area contributed by atoms with Crippen LogP contribution >= 0.6 is 0 Å². The second-order valence-electron chi connectivity index (χ2n) is 11.4. The van der Waals surface area contributed by atoms with Crippen LogP contribution in [0.4, 0.5) is 17.3 Å². The molecular formula is C31H34N12O3. The maximum absolute atomic E-state index is 12.7. The number of hydrogen-bond acceptors (Lipinski definition) is 10. The van der Waals surface area contributed by atoms with Gasteiger partial charge in [0.25, 0.3) is 6.47 Å². The molecule has 236 valence electrons. The highest BCUT2D eigenvalue weighted by molar-refractivity contribution is 5.76. The molecule has 6 heterocycles. The molecule has 2 aliphatic heterocycles. The van der Waals surface area contributed by atoms with E-state index >= 15 is 0 Å². The minimum absolute atomic E-state index is 0.0617. The predicted octanol–water partition coefficient (Wildman–Crippen LogP) is 2.14. The van der Waals surface area contributed by atoms with Gasteiger partial charge in [-0.2, -0.15) is 20.4 Å². The van der Waals surface area contributed by atoms with E-state index in [2.05, 4.69) is 55.7 Å². The van der Waals surface area contributed by atoms with Gasteiger partial charge in [0.2, 0.25) is 11.9 Å². The van der Waals surface area contributed by atoms with Crippen LogP contribution < -0.4 is 10.2 Å². The van der Waals surface area contributed by atoms with E-state index in [4.69, 9.17) is 14.9 Å². The van der Waals surface area contributed by atoms with Gasteiger partial charge in [-0.3, -0.25) is 19.0 Å². The van der Waals surface area contributed by atoms with Gasteiger partial charge in [-0.15, -0.1) is 5.10 Å². The number of carbonyl (C=O) groups is 2. The molecule has 0 bridgehead atoms. The van der Waals surface area contributed by atoms with Crippen molar-refractivity contribution in [3.05, 3.63) is 73.4 Å². The van der Waals surface area contributed by atoms with E-state index < -0.39 is 5.54 Å². The minimum Gasteiger partial charge on any atom is -0.483 e. The van der Waals surface area contributed by atoms with E-state index in [1.54, 1.807) is 21.6 Å². The fourth-order valence-electron chi connectivity index (χ4n) is 5.81. The Balaban J connectivity index is 0.00000119. The molecule has 46 heavy (non-hydrogen) atoms. The summed E-state index contributed by atoms with van der Waals surface area (Å²) in [5.41, 5.74) is 4.04. The third-order valence-electron chi connectivity index (χ3n) is 8.28. The van der Waals surface area contributed by atoms with Crippen LogP contribution in [0.15, 0.2) is 73.4 Å². The van der Waals surface area contributed by atoms with Crippen LogP contribution in [0.3, 0.4) is 0 Å². The van der Waals surface area contributed by atoms with Gasteiger partial charge in [-0.05, 0) is 24.7 Å². The number of hydrogen-bond donors (Lipinski definition) is 2. The van der Waals surface area contributed by atoms with Crippen LogP contribution in [-0.2, 0) is 21.7 Å². The van der Waals surface area contributed by atoms with Crippen molar-refractivity contribution in [1.29, 1.82) is 5.26 Å². The van der Waals surface area contributed by atoms with Crippen LogP contribution in [0.2, 0.25) is 0 Å². The monoisotopic (exact) mass is 622 g/mol. The third-order valence-corrected chi connectivity index (χ3v) is 8.28. The van der Waals surface area contributed by atoms with E-state index in [-0.39, 0.29) is 18.9 Å². The first-order valence-electron chi connectivity index (χ1n) is 14.8. The summed E-state index contributed by atoms with van der Waals surface area (Å²) in [7, 11) is 2.07. The number of pyridine rings is 1. The molecule has 2 aliphatic rings. The number of aromatic nitrogens is 7. The van der Waals surface area contributed by atoms with Gasteiger partial charge in [0.15, 0.2) is 5.65 Å². The van der Waals surface area contributed by atoms with Crippen molar-refractivity contribution in [3.63, 3.8) is 0 Å². The van der Waals surface area contributed by atoms with Gasteiger partial charge in [-0.25, -0.2) is 4.52 Å². The SMILES string of the molecule is CN1CCN(C(=O)Cn2cc(Nc3nc4c(N5CC(CC#N)(n6cc(-c7ccccc7)cn6)C5)cccn4n3)cn2)CC1.O=CO. The van der Waals surface area contributed by atoms with E-state index in [0.717, 1.165) is 43.0 Å². The number of nitrogens with one attached hydrogen (secondary N) is 1. The number of likely N-dealkylation sites (N-methyl/N-ethyl adjacent to an activating group) is 1. The van der Waals surface area contributed by atoms with Crippen LogP contribution in [0.25, 0.3) is 16.8 Å². The fourth-order valence-corrected chi connectivity index (χ4v) is 5.81. The normalized spacial score (nSPS) is 15.8. The summed E-state index contributed by atoms with van der Waals surface area (Å²) in [6.07, 6.45) is 9.56. The van der Waals surface area contributed by atoms with Crippen molar-refractivity contribution in [1.82, 2.24) is 44.0 Å². The smallest absolute Gasteiger partial charge is 0.290 e. The number of fused-ring (bicyclic) bond motifs is 1. The van der Waals surface area contributed by atoms with E-state index in [9.17, 15) is 10.1 Å². The van der Waals surface area contributed by atoms with Crippen molar-refractivity contribution >= 4 is 35.3 Å². The van der Waals surface area contributed by atoms with Crippen LogP contribution in [0, 0.1) is 11.3 Å². The molecule has 0 saturated carbocycles. The standard InChI is InChI=1S/C30H32N12O.CH2O2/c1-37-12-14-38(15-13-37)27(43)20-40-19-25(17-32-40)34-29-35-28-26(8-5-11-41(28)36-29)39-21-30(22-39,9-10-31)42-18-24(16-33-42)23-6-3-2-4-7-23;2-1-3/h2-8,11,16-19H,9,12-15,20-22H2,1H3,(H,34,36);1H,(H,2,3). The molecular weight excluding hydrogens is 588 g/mol. The molecule has 7 rings (SSSR count). The topological polar surface area (TPSA) is 166 Å². The predicted molar refractivity (Wildman–Crippen MR) is 169 cm³/mol. The van der Waals surface area contributed by atoms with Crippen molar-refractivity contribution in [2.24, 2.45) is 0 Å². The number of nitriles is 1. The molecule has 2 N–H and O–H groups in total. The summed E-state index contributed by atoms with van der Waals surface area (Å²) in [6.45, 7) is 4.43. The molecule has 0 atom stereocenters. The Kier molecular flexibility index (Phi) is 8.61. The Labute approximate surface area is 264 Å². The summed E-state index contributed by atoms with van der Waals surface area (Å²) in [4.78, 5) is 32.1. The largest absolute Gasteiger partial charge is 0.483 e. The van der Waals surface area contributed by atoms with E-state index in [0.29, 0.717) is 36.8 Å². The second kappa shape index (κ2) is 13.1. The van der Waals surface area contributed by atoms with E-state index in [1.807, 2.05) is 58.5 Å². The fraction of sp³-hybridized carbons (Fsp3) is 0.323. The number of amides is 1. The first-order valence-corrected chi connectivity index (χ1v) is 14.8. The number of rotatable bonds is 8. The Morgan fingerprint density at radius 2 is 1.80 bits per heavy atom. The van der Waals surface area contributed by atoms with Crippen molar-refractivity contribution in [2.75, 3.05) is 56.5 Å². The maximum Gasteiger partial charge on any atom is 0.290 e. The van der Waals surface area contributed by atoms with Gasteiger partial charge in [0, 0.05) is 63.4 Å². The summed E-state index contributed by atoms with van der Waals surface area (Å²) in [5.74, 6) is 0.493. The molecule has 15 heteroatoms. The Bertz CT molecular complexity index is 1840. The average molecular weight is 623 g/mol. The number of carbonyl (C=O) groups excluding carboxylic acids is 1. The quantitative estimate of drug-likeness (QED) is 0.244. The molecule has 2 fully saturated rings. The molecule has 1 amide bonds. The lowest BCUT2D eigenvalue weighted by Gasteiger charge is -2.50. The molecule has 0 aliphatic carbocycles. The Morgan fingerprint density at radius 1 is 1.04 bits per heavy atom. The van der Waals surface area contributed by atoms with Crippen molar-refractivity contribution in [2.45, 2.75) is 18.5 Å². The molecule has 2 saturated heterocycles. The minimum atomic E-state index is -0.425. The summed E-state index contributed by atoms with van der Waals surface area (Å²) < 4.78 is 5.32. The second-order valence-corrected chi connectivity index (χ2v) is 11.4. The Morgan fingerprint density at radius 3 is 2.54 bits per heavy atom. The van der Waals surface area contributed by atoms with Gasteiger partial charge >= 0.3 is 0 Å². The summed E-state index contributed by atoms with van der Waals surface area (Å²) in [6, 6.07) is 16.4. The number of carboxylic acid groups (broad SMARTS) is 1. The number of anilines is 3. The Hall–Kier alpha value is -5.75. The van der Waals surface area contributed by atoms with Crippen LogP contribution in [0.5, 0.6) is 0 Å². The molecule has 4 aromatic heterocycles. The highest BCUT2D eigenvalue weighted by atomic mass is 16.3. The zero-order chi connectivity index (χ0) is 32.1. The molecule has 0 radical (unpaired) electrons. The molecule has 5 aromatic rings. The third kappa shape index (κ3) is 6.24. The molecule has 0 spiro atoms. The maximum atomic E-state index is 12.7. The van der Waals surface area contributed by atoms with Gasteiger partial charge < -0.3 is 25.1 Å². The lowest BCUT2D eigenvalue weighted by atomic mass is 9.86. The summed E-state index contributed by atoms with van der Waals surface area (Å²) >= 11 is 0. The van der Waals surface area contributed by atoms with Crippen LogP contribution in [0.1, 0.15) is 6.42 Å². The zero-order valence-corrected chi connectivity index (χ0v) is 25.3. The molecule has 0 unspecified atom stereocenters.